The van der Waals surface area contributed by atoms with Crippen molar-refractivity contribution in [3.05, 3.63) is 0 Å². The third-order valence-electron chi connectivity index (χ3n) is 4.25. The maximum Gasteiger partial charge on any atom is 0.0695 e. The van der Waals surface area contributed by atoms with Gasteiger partial charge >= 0.3 is 0 Å². The van der Waals surface area contributed by atoms with E-state index in [0.29, 0.717) is 6.04 Å². The van der Waals surface area contributed by atoms with Crippen LogP contribution in [0.3, 0.4) is 0 Å². The molecule has 2 rings (SSSR count). The zero-order valence-corrected chi connectivity index (χ0v) is 10.9. The van der Waals surface area contributed by atoms with Crippen LogP contribution >= 0.6 is 0 Å². The fourth-order valence-corrected chi connectivity index (χ4v) is 3.06. The normalized spacial score (nSPS) is 35.6. The summed E-state index contributed by atoms with van der Waals surface area (Å²) in [5.41, 5.74) is 0. The van der Waals surface area contributed by atoms with Gasteiger partial charge < -0.3 is 5.11 Å². The van der Waals surface area contributed by atoms with Gasteiger partial charge in [-0.25, -0.2) is 0 Å². The van der Waals surface area contributed by atoms with Crippen LogP contribution in [0.2, 0.25) is 0 Å². The Morgan fingerprint density at radius 1 is 1.19 bits per heavy atom. The van der Waals surface area contributed by atoms with E-state index in [4.69, 9.17) is 0 Å². The third-order valence-corrected chi connectivity index (χ3v) is 4.25. The molecule has 0 aromatic heterocycles. The molecule has 0 spiro atoms. The molecule has 3 unspecified atom stereocenters. The topological polar surface area (TPSA) is 23.5 Å². The highest BCUT2D eigenvalue weighted by Gasteiger charge is 2.38. The van der Waals surface area contributed by atoms with Crippen molar-refractivity contribution in [2.75, 3.05) is 6.54 Å². The first-order valence-electron chi connectivity index (χ1n) is 7.16. The summed E-state index contributed by atoms with van der Waals surface area (Å²) in [6.45, 7) is 5.80. The predicted octanol–water partition coefficient (Wildman–Crippen LogP) is 2.80. The Morgan fingerprint density at radius 3 is 2.56 bits per heavy atom. The smallest absolute Gasteiger partial charge is 0.0695 e. The number of hydrogen-bond acceptors (Lipinski definition) is 2. The highest BCUT2D eigenvalue weighted by Crippen LogP contribution is 2.35. The maximum absolute atomic E-state index is 10.2. The van der Waals surface area contributed by atoms with Gasteiger partial charge in [-0.1, -0.05) is 20.3 Å². The Kier molecular flexibility index (Phi) is 4.26. The monoisotopic (exact) mass is 225 g/mol. The minimum absolute atomic E-state index is 0.0614. The Hall–Kier alpha value is -0.0800. The Balaban J connectivity index is 1.93. The third kappa shape index (κ3) is 2.98. The summed E-state index contributed by atoms with van der Waals surface area (Å²) >= 11 is 0. The van der Waals surface area contributed by atoms with E-state index in [0.717, 1.165) is 18.4 Å². The number of nitrogens with zero attached hydrogens (tertiary/aromatic N) is 1. The van der Waals surface area contributed by atoms with E-state index in [-0.39, 0.29) is 6.10 Å². The lowest BCUT2D eigenvalue weighted by molar-refractivity contribution is 0.000974. The van der Waals surface area contributed by atoms with Crippen molar-refractivity contribution < 1.29 is 5.11 Å². The minimum atomic E-state index is -0.0614. The summed E-state index contributed by atoms with van der Waals surface area (Å²) in [6, 6.07) is 1.26. The quantitative estimate of drug-likeness (QED) is 0.777. The van der Waals surface area contributed by atoms with Crippen LogP contribution in [-0.4, -0.2) is 34.7 Å². The van der Waals surface area contributed by atoms with Crippen molar-refractivity contribution in [2.24, 2.45) is 5.92 Å². The average Bonchev–Trinajstić information content (AvgIpc) is 3.08. The highest BCUT2D eigenvalue weighted by molar-refractivity contribution is 4.93. The largest absolute Gasteiger partial charge is 0.391 e. The number of aliphatic hydroxyl groups excluding tert-OH is 1. The summed E-state index contributed by atoms with van der Waals surface area (Å²) in [4.78, 5) is 2.63. The van der Waals surface area contributed by atoms with Crippen LogP contribution in [0.25, 0.3) is 0 Å². The van der Waals surface area contributed by atoms with Crippen LogP contribution in [-0.2, 0) is 0 Å². The molecule has 2 aliphatic rings. The molecule has 16 heavy (non-hydrogen) atoms. The van der Waals surface area contributed by atoms with Gasteiger partial charge in [-0.05, 0) is 51.0 Å². The molecular formula is C14H27NO. The SMILES string of the molecule is CCCCN(C1CC1)C1CC(C)CCC1O. The lowest BCUT2D eigenvalue weighted by Gasteiger charge is -2.40. The van der Waals surface area contributed by atoms with Crippen molar-refractivity contribution in [3.8, 4) is 0 Å². The number of aliphatic hydroxyl groups is 1. The van der Waals surface area contributed by atoms with E-state index in [1.807, 2.05) is 0 Å². The van der Waals surface area contributed by atoms with E-state index in [2.05, 4.69) is 18.7 Å². The summed E-state index contributed by atoms with van der Waals surface area (Å²) in [6.07, 6.45) is 8.65. The molecular weight excluding hydrogens is 198 g/mol. The fraction of sp³-hybridized carbons (Fsp3) is 1.00. The van der Waals surface area contributed by atoms with Gasteiger partial charge in [0.2, 0.25) is 0 Å². The fourth-order valence-electron chi connectivity index (χ4n) is 3.06. The first-order chi connectivity index (χ1) is 7.72. The summed E-state index contributed by atoms with van der Waals surface area (Å²) in [5.74, 6) is 0.802. The molecule has 0 bridgehead atoms. The predicted molar refractivity (Wildman–Crippen MR) is 67.4 cm³/mol. The van der Waals surface area contributed by atoms with Crippen LogP contribution in [0.15, 0.2) is 0 Å². The van der Waals surface area contributed by atoms with E-state index in [9.17, 15) is 5.11 Å². The van der Waals surface area contributed by atoms with E-state index in [1.165, 1.54) is 45.1 Å². The zero-order chi connectivity index (χ0) is 11.5. The summed E-state index contributed by atoms with van der Waals surface area (Å²) in [7, 11) is 0. The Bertz CT molecular complexity index is 215. The molecule has 2 aliphatic carbocycles. The van der Waals surface area contributed by atoms with Crippen LogP contribution in [0.1, 0.15) is 58.8 Å². The minimum Gasteiger partial charge on any atom is -0.391 e. The molecule has 0 radical (unpaired) electrons. The van der Waals surface area contributed by atoms with E-state index >= 15 is 0 Å². The van der Waals surface area contributed by atoms with Crippen LogP contribution in [0, 0.1) is 5.92 Å². The van der Waals surface area contributed by atoms with Gasteiger partial charge in [-0.2, -0.15) is 0 Å². The van der Waals surface area contributed by atoms with Crippen molar-refractivity contribution in [1.82, 2.24) is 4.90 Å². The standard InChI is InChI=1S/C14H27NO/c1-3-4-9-15(12-6-7-12)13-10-11(2)5-8-14(13)16/h11-14,16H,3-10H2,1-2H3. The molecule has 2 nitrogen and oxygen atoms in total. The Labute approximate surface area is 100 Å². The van der Waals surface area contributed by atoms with Crippen LogP contribution in [0.4, 0.5) is 0 Å². The molecule has 0 aromatic carbocycles. The van der Waals surface area contributed by atoms with Crippen molar-refractivity contribution in [2.45, 2.75) is 77.0 Å². The lowest BCUT2D eigenvalue weighted by Crippen LogP contribution is -2.48. The van der Waals surface area contributed by atoms with Gasteiger partial charge in [0, 0.05) is 12.1 Å². The van der Waals surface area contributed by atoms with Crippen molar-refractivity contribution in [1.29, 1.82) is 0 Å². The van der Waals surface area contributed by atoms with Crippen LogP contribution < -0.4 is 0 Å². The van der Waals surface area contributed by atoms with Gasteiger partial charge in [-0.15, -0.1) is 0 Å². The number of unbranched alkanes of at least 4 members (excludes halogenated alkanes) is 1. The molecule has 0 saturated heterocycles. The second-order valence-electron chi connectivity index (χ2n) is 5.88. The maximum atomic E-state index is 10.2. The van der Waals surface area contributed by atoms with Crippen molar-refractivity contribution >= 4 is 0 Å². The molecule has 3 atom stereocenters. The molecule has 2 heteroatoms. The molecule has 0 aromatic rings. The summed E-state index contributed by atoms with van der Waals surface area (Å²) < 4.78 is 0. The van der Waals surface area contributed by atoms with E-state index < -0.39 is 0 Å². The molecule has 2 fully saturated rings. The number of rotatable bonds is 5. The molecule has 0 aliphatic heterocycles. The lowest BCUT2D eigenvalue weighted by atomic mass is 9.84. The molecule has 2 saturated carbocycles. The van der Waals surface area contributed by atoms with Crippen molar-refractivity contribution in [3.63, 3.8) is 0 Å². The molecule has 1 N–H and O–H groups in total. The molecule has 94 valence electrons. The van der Waals surface area contributed by atoms with Gasteiger partial charge in [0.1, 0.15) is 0 Å². The molecule has 0 amide bonds. The van der Waals surface area contributed by atoms with Gasteiger partial charge in [0.25, 0.3) is 0 Å². The highest BCUT2D eigenvalue weighted by atomic mass is 16.3. The van der Waals surface area contributed by atoms with E-state index in [1.54, 1.807) is 0 Å². The zero-order valence-electron chi connectivity index (χ0n) is 10.9. The first-order valence-corrected chi connectivity index (χ1v) is 7.16. The molecule has 0 heterocycles. The van der Waals surface area contributed by atoms with Gasteiger partial charge in [-0.3, -0.25) is 4.90 Å². The summed E-state index contributed by atoms with van der Waals surface area (Å²) in [5, 5.41) is 10.2. The second-order valence-corrected chi connectivity index (χ2v) is 5.88. The van der Waals surface area contributed by atoms with Crippen LogP contribution in [0.5, 0.6) is 0 Å². The van der Waals surface area contributed by atoms with Gasteiger partial charge in [0.05, 0.1) is 6.10 Å². The average molecular weight is 225 g/mol. The second kappa shape index (κ2) is 5.50. The Morgan fingerprint density at radius 2 is 1.94 bits per heavy atom. The first kappa shape index (κ1) is 12.4. The number of hydrogen-bond donors (Lipinski definition) is 1. The van der Waals surface area contributed by atoms with Gasteiger partial charge in [0.15, 0.2) is 0 Å².